The lowest BCUT2D eigenvalue weighted by atomic mass is 10.1. The number of carbonyl (C=O) groups excluding carboxylic acids is 2. The molecule has 2 atom stereocenters. The second-order valence-corrected chi connectivity index (χ2v) is 12.0. The van der Waals surface area contributed by atoms with E-state index in [0.717, 1.165) is 21.9 Å². The van der Waals surface area contributed by atoms with Crippen molar-refractivity contribution in [1.82, 2.24) is 10.2 Å². The number of benzene rings is 3. The highest BCUT2D eigenvalue weighted by atomic mass is 35.5. The molecule has 208 valence electrons. The first-order valence-electron chi connectivity index (χ1n) is 12.9. The van der Waals surface area contributed by atoms with E-state index in [1.165, 1.54) is 17.0 Å². The molecule has 0 aliphatic rings. The molecular formula is C30H36ClN3O4S. The average molecular weight is 570 g/mol. The van der Waals surface area contributed by atoms with Crippen LogP contribution in [0.4, 0.5) is 5.69 Å². The van der Waals surface area contributed by atoms with Crippen molar-refractivity contribution >= 4 is 39.1 Å². The Morgan fingerprint density at radius 3 is 2.18 bits per heavy atom. The van der Waals surface area contributed by atoms with Crippen LogP contribution >= 0.6 is 11.6 Å². The maximum atomic E-state index is 14.0. The highest BCUT2D eigenvalue weighted by Crippen LogP contribution is 2.31. The Balaban J connectivity index is 2.05. The lowest BCUT2D eigenvalue weighted by Crippen LogP contribution is -2.52. The number of sulfonamides is 1. The van der Waals surface area contributed by atoms with E-state index in [0.29, 0.717) is 16.3 Å². The number of anilines is 1. The van der Waals surface area contributed by atoms with Gasteiger partial charge in [-0.2, -0.15) is 0 Å². The van der Waals surface area contributed by atoms with Crippen molar-refractivity contribution in [1.29, 1.82) is 0 Å². The van der Waals surface area contributed by atoms with Crippen molar-refractivity contribution in [2.75, 3.05) is 10.8 Å². The van der Waals surface area contributed by atoms with Crippen LogP contribution < -0.4 is 9.62 Å². The fourth-order valence-corrected chi connectivity index (χ4v) is 5.70. The normalized spacial score (nSPS) is 12.9. The number of halogens is 1. The van der Waals surface area contributed by atoms with E-state index >= 15 is 0 Å². The fraction of sp³-hybridized carbons (Fsp3) is 0.333. The summed E-state index contributed by atoms with van der Waals surface area (Å²) in [6.07, 6.45) is 0.738. The number of amides is 2. The molecule has 3 aromatic rings. The number of aryl methyl sites for hydroxylation is 1. The zero-order valence-electron chi connectivity index (χ0n) is 23.0. The van der Waals surface area contributed by atoms with Crippen LogP contribution in [0.15, 0.2) is 77.7 Å². The summed E-state index contributed by atoms with van der Waals surface area (Å²) < 4.78 is 28.8. The third-order valence-electron chi connectivity index (χ3n) is 6.76. The summed E-state index contributed by atoms with van der Waals surface area (Å²) >= 11 is 6.36. The third-order valence-corrected chi connectivity index (χ3v) is 8.94. The molecule has 2 unspecified atom stereocenters. The summed E-state index contributed by atoms with van der Waals surface area (Å²) in [4.78, 5) is 28.6. The molecule has 0 aliphatic carbocycles. The third kappa shape index (κ3) is 7.40. The summed E-state index contributed by atoms with van der Waals surface area (Å²) in [5.74, 6) is -0.817. The van der Waals surface area contributed by atoms with Crippen molar-refractivity contribution < 1.29 is 18.0 Å². The van der Waals surface area contributed by atoms with E-state index in [2.05, 4.69) is 5.32 Å². The summed E-state index contributed by atoms with van der Waals surface area (Å²) in [5, 5.41) is 3.32. The highest BCUT2D eigenvalue weighted by Gasteiger charge is 2.33. The average Bonchev–Trinajstić information content (AvgIpc) is 2.92. The van der Waals surface area contributed by atoms with Crippen LogP contribution in [0, 0.1) is 13.8 Å². The molecule has 1 N–H and O–H groups in total. The van der Waals surface area contributed by atoms with Gasteiger partial charge in [-0.3, -0.25) is 13.9 Å². The quantitative estimate of drug-likeness (QED) is 0.331. The standard InChI is InChI=1S/C30H36ClN3O4S/c1-6-22(3)32-30(36)24(5)33(19-25-17-15-21(2)16-18-25)29(35)20-34(28-14-10-13-27(31)23(28)4)39(37,38)26-11-8-7-9-12-26/h7-18,22,24H,6,19-20H2,1-5H3,(H,32,36). The van der Waals surface area contributed by atoms with Gasteiger partial charge in [-0.15, -0.1) is 0 Å². The first kappa shape index (κ1) is 30.2. The first-order valence-corrected chi connectivity index (χ1v) is 14.8. The molecule has 0 aromatic heterocycles. The van der Waals surface area contributed by atoms with E-state index in [4.69, 9.17) is 11.6 Å². The zero-order chi connectivity index (χ0) is 28.7. The largest absolute Gasteiger partial charge is 0.352 e. The van der Waals surface area contributed by atoms with Crippen molar-refractivity contribution in [3.05, 3.63) is 94.5 Å². The molecule has 9 heteroatoms. The highest BCUT2D eigenvalue weighted by molar-refractivity contribution is 7.92. The number of hydrogen-bond acceptors (Lipinski definition) is 4. The molecule has 0 bridgehead atoms. The number of nitrogens with zero attached hydrogens (tertiary/aromatic N) is 2. The van der Waals surface area contributed by atoms with Crippen LogP contribution in [0.5, 0.6) is 0 Å². The van der Waals surface area contributed by atoms with Gasteiger partial charge in [-0.1, -0.05) is 72.6 Å². The van der Waals surface area contributed by atoms with E-state index in [1.54, 1.807) is 50.2 Å². The molecule has 39 heavy (non-hydrogen) atoms. The van der Waals surface area contributed by atoms with Crippen molar-refractivity contribution in [2.24, 2.45) is 0 Å². The predicted octanol–water partition coefficient (Wildman–Crippen LogP) is 5.48. The van der Waals surface area contributed by atoms with Crippen LogP contribution in [0.2, 0.25) is 5.02 Å². The Morgan fingerprint density at radius 1 is 0.923 bits per heavy atom. The second-order valence-electron chi connectivity index (χ2n) is 9.71. The molecule has 0 spiro atoms. The molecule has 7 nitrogen and oxygen atoms in total. The Bertz CT molecular complexity index is 1400. The molecule has 0 saturated heterocycles. The maximum absolute atomic E-state index is 14.0. The van der Waals surface area contributed by atoms with Gasteiger partial charge in [0.1, 0.15) is 12.6 Å². The van der Waals surface area contributed by atoms with Gasteiger partial charge in [0.15, 0.2) is 0 Å². The van der Waals surface area contributed by atoms with E-state index in [1.807, 2.05) is 45.0 Å². The first-order chi connectivity index (χ1) is 18.4. The fourth-order valence-electron chi connectivity index (χ4n) is 4.04. The lowest BCUT2D eigenvalue weighted by molar-refractivity contribution is -0.139. The molecular weight excluding hydrogens is 534 g/mol. The van der Waals surface area contributed by atoms with Gasteiger partial charge in [-0.05, 0) is 69.5 Å². The Morgan fingerprint density at radius 2 is 1.56 bits per heavy atom. The smallest absolute Gasteiger partial charge is 0.264 e. The van der Waals surface area contributed by atoms with Crippen molar-refractivity contribution in [2.45, 2.75) is 64.6 Å². The van der Waals surface area contributed by atoms with Crippen LogP contribution in [-0.2, 0) is 26.2 Å². The molecule has 0 heterocycles. The minimum absolute atomic E-state index is 0.0461. The van der Waals surface area contributed by atoms with E-state index in [9.17, 15) is 18.0 Å². The molecule has 0 aliphatic heterocycles. The number of nitrogens with one attached hydrogen (secondary N) is 1. The van der Waals surface area contributed by atoms with Crippen molar-refractivity contribution in [3.8, 4) is 0 Å². The molecule has 3 rings (SSSR count). The molecule has 3 aromatic carbocycles. The second kappa shape index (κ2) is 13.1. The maximum Gasteiger partial charge on any atom is 0.264 e. The molecule has 0 saturated carbocycles. The number of rotatable bonds is 11. The van der Waals surface area contributed by atoms with Crippen LogP contribution in [0.25, 0.3) is 0 Å². The van der Waals surface area contributed by atoms with Gasteiger partial charge >= 0.3 is 0 Å². The SMILES string of the molecule is CCC(C)NC(=O)C(C)N(Cc1ccc(C)cc1)C(=O)CN(c1cccc(Cl)c1C)S(=O)(=O)c1ccccc1. The predicted molar refractivity (Wildman–Crippen MR) is 156 cm³/mol. The zero-order valence-corrected chi connectivity index (χ0v) is 24.6. The van der Waals surface area contributed by atoms with Gasteiger partial charge in [0.25, 0.3) is 10.0 Å². The monoisotopic (exact) mass is 569 g/mol. The van der Waals surface area contributed by atoms with Gasteiger partial charge in [0.2, 0.25) is 11.8 Å². The van der Waals surface area contributed by atoms with Gasteiger partial charge in [0, 0.05) is 17.6 Å². The Labute approximate surface area is 236 Å². The van der Waals surface area contributed by atoms with Crippen LogP contribution in [0.3, 0.4) is 0 Å². The van der Waals surface area contributed by atoms with Crippen molar-refractivity contribution in [3.63, 3.8) is 0 Å². The Hall–Kier alpha value is -3.36. The molecule has 2 amide bonds. The number of hydrogen-bond donors (Lipinski definition) is 1. The Kier molecular flexibility index (Phi) is 10.2. The summed E-state index contributed by atoms with van der Waals surface area (Å²) in [6.45, 7) is 8.82. The van der Waals surface area contributed by atoms with E-state index in [-0.39, 0.29) is 23.4 Å². The van der Waals surface area contributed by atoms with Gasteiger partial charge in [-0.25, -0.2) is 8.42 Å². The minimum atomic E-state index is -4.14. The topological polar surface area (TPSA) is 86.8 Å². The van der Waals surface area contributed by atoms with Crippen LogP contribution in [-0.4, -0.2) is 43.8 Å². The molecule has 0 fully saturated rings. The summed E-state index contributed by atoms with van der Waals surface area (Å²) in [6, 6.07) is 19.6. The van der Waals surface area contributed by atoms with E-state index < -0.39 is 28.5 Å². The summed E-state index contributed by atoms with van der Waals surface area (Å²) in [5.41, 5.74) is 2.72. The van der Waals surface area contributed by atoms with Gasteiger partial charge < -0.3 is 10.2 Å². The number of carbonyl (C=O) groups is 2. The minimum Gasteiger partial charge on any atom is -0.352 e. The summed E-state index contributed by atoms with van der Waals surface area (Å²) in [7, 11) is -4.14. The van der Waals surface area contributed by atoms with Crippen LogP contribution in [0.1, 0.15) is 43.9 Å². The van der Waals surface area contributed by atoms with Gasteiger partial charge in [0.05, 0.1) is 10.6 Å². The molecule has 0 radical (unpaired) electrons. The lowest BCUT2D eigenvalue weighted by Gasteiger charge is -2.33.